The molecule has 0 aliphatic carbocycles. The molecule has 0 saturated carbocycles. The summed E-state index contributed by atoms with van der Waals surface area (Å²) >= 11 is 2.70. The number of aromatic nitrogens is 1. The van der Waals surface area contributed by atoms with Crippen LogP contribution in [0.3, 0.4) is 0 Å². The SMILES string of the molecule is COc1cccc(-c2csc(NC(=O)C(C)Sc3cccc(NC(=O)/C(=C\c4cccc5ccccc45)NC(=O)c4ccccc4)c3)n2)c1. The maximum Gasteiger partial charge on any atom is 0.272 e. The summed E-state index contributed by atoms with van der Waals surface area (Å²) in [4.78, 5) is 45.3. The van der Waals surface area contributed by atoms with Gasteiger partial charge in [-0.05, 0) is 71.8 Å². The molecule has 0 spiro atoms. The van der Waals surface area contributed by atoms with Crippen LogP contribution in [0.4, 0.5) is 10.8 Å². The van der Waals surface area contributed by atoms with Crippen LogP contribution in [0.5, 0.6) is 5.75 Å². The highest BCUT2D eigenvalue weighted by molar-refractivity contribution is 8.00. The second kappa shape index (κ2) is 15.5. The highest BCUT2D eigenvalue weighted by Gasteiger charge is 2.19. The molecule has 1 atom stereocenters. The maximum absolute atomic E-state index is 13.7. The minimum atomic E-state index is -0.485. The summed E-state index contributed by atoms with van der Waals surface area (Å²) < 4.78 is 5.31. The normalized spacial score (nSPS) is 11.8. The van der Waals surface area contributed by atoms with Crippen LogP contribution in [0.25, 0.3) is 28.1 Å². The molecule has 0 bridgehead atoms. The van der Waals surface area contributed by atoms with Crippen molar-refractivity contribution < 1.29 is 19.1 Å². The fourth-order valence-electron chi connectivity index (χ4n) is 5.03. The second-order valence-corrected chi connectivity index (χ2v) is 13.2. The van der Waals surface area contributed by atoms with Gasteiger partial charge < -0.3 is 20.7 Å². The number of methoxy groups -OCH3 is 1. The van der Waals surface area contributed by atoms with Crippen LogP contribution in [0, 0.1) is 0 Å². The highest BCUT2D eigenvalue weighted by atomic mass is 32.2. The fourth-order valence-corrected chi connectivity index (χ4v) is 6.68. The van der Waals surface area contributed by atoms with Crippen molar-refractivity contribution in [2.75, 3.05) is 17.7 Å². The molecule has 1 aromatic heterocycles. The molecule has 244 valence electrons. The molecule has 0 saturated heterocycles. The Morgan fingerprint density at radius 1 is 0.837 bits per heavy atom. The number of hydrogen-bond acceptors (Lipinski definition) is 7. The molecule has 1 heterocycles. The van der Waals surface area contributed by atoms with E-state index in [2.05, 4.69) is 20.9 Å². The Hall–Kier alpha value is -5.71. The molecule has 5 aromatic carbocycles. The molecule has 3 N–H and O–H groups in total. The lowest BCUT2D eigenvalue weighted by atomic mass is 10.0. The third kappa shape index (κ3) is 8.42. The van der Waals surface area contributed by atoms with Gasteiger partial charge in [0, 0.05) is 27.1 Å². The number of amides is 3. The van der Waals surface area contributed by atoms with Crippen LogP contribution in [0.1, 0.15) is 22.8 Å². The topological polar surface area (TPSA) is 109 Å². The number of nitrogens with one attached hydrogen (secondary N) is 3. The Morgan fingerprint density at radius 3 is 2.43 bits per heavy atom. The molecule has 49 heavy (non-hydrogen) atoms. The van der Waals surface area contributed by atoms with Crippen molar-refractivity contribution in [2.45, 2.75) is 17.1 Å². The van der Waals surface area contributed by atoms with Crippen molar-refractivity contribution in [3.63, 3.8) is 0 Å². The van der Waals surface area contributed by atoms with Gasteiger partial charge in [0.1, 0.15) is 11.4 Å². The average molecular weight is 685 g/mol. The van der Waals surface area contributed by atoms with E-state index in [1.807, 2.05) is 91.2 Å². The molecular formula is C39H32N4O4S2. The van der Waals surface area contributed by atoms with Crippen molar-refractivity contribution in [3.8, 4) is 17.0 Å². The van der Waals surface area contributed by atoms with Gasteiger partial charge in [0.15, 0.2) is 5.13 Å². The number of nitrogens with zero attached hydrogens (tertiary/aromatic N) is 1. The summed E-state index contributed by atoms with van der Waals surface area (Å²) in [6, 6.07) is 37.2. The van der Waals surface area contributed by atoms with Gasteiger partial charge in [-0.25, -0.2) is 4.98 Å². The summed E-state index contributed by atoms with van der Waals surface area (Å²) in [6.45, 7) is 1.81. The zero-order chi connectivity index (χ0) is 34.2. The van der Waals surface area contributed by atoms with Crippen molar-refractivity contribution in [3.05, 3.63) is 144 Å². The van der Waals surface area contributed by atoms with Crippen molar-refractivity contribution in [2.24, 2.45) is 0 Å². The molecular weight excluding hydrogens is 653 g/mol. The number of thioether (sulfide) groups is 1. The number of hydrogen-bond donors (Lipinski definition) is 3. The van der Waals surface area contributed by atoms with E-state index in [0.29, 0.717) is 16.4 Å². The first kappa shape index (κ1) is 33.2. The van der Waals surface area contributed by atoms with Crippen LogP contribution in [0.2, 0.25) is 0 Å². The van der Waals surface area contributed by atoms with Crippen LogP contribution in [0.15, 0.2) is 137 Å². The van der Waals surface area contributed by atoms with Crippen LogP contribution < -0.4 is 20.7 Å². The van der Waals surface area contributed by atoms with Gasteiger partial charge in [-0.1, -0.05) is 78.9 Å². The lowest BCUT2D eigenvalue weighted by Gasteiger charge is -2.14. The van der Waals surface area contributed by atoms with E-state index in [0.717, 1.165) is 38.2 Å². The smallest absolute Gasteiger partial charge is 0.272 e. The van der Waals surface area contributed by atoms with E-state index in [9.17, 15) is 14.4 Å². The van der Waals surface area contributed by atoms with Crippen molar-refractivity contribution >= 4 is 68.5 Å². The van der Waals surface area contributed by atoms with Crippen molar-refractivity contribution in [1.82, 2.24) is 10.3 Å². The third-order valence-corrected chi connectivity index (χ3v) is 9.38. The lowest BCUT2D eigenvalue weighted by molar-refractivity contribution is -0.115. The third-order valence-electron chi connectivity index (χ3n) is 7.53. The zero-order valence-corrected chi connectivity index (χ0v) is 28.3. The maximum atomic E-state index is 13.7. The molecule has 6 aromatic rings. The molecule has 8 nitrogen and oxygen atoms in total. The number of ether oxygens (including phenoxy) is 1. The Balaban J connectivity index is 1.15. The number of rotatable bonds is 11. The first-order chi connectivity index (χ1) is 23.9. The first-order valence-electron chi connectivity index (χ1n) is 15.4. The van der Waals surface area contributed by atoms with Crippen LogP contribution in [-0.2, 0) is 9.59 Å². The van der Waals surface area contributed by atoms with Gasteiger partial charge in [0.05, 0.1) is 18.1 Å². The van der Waals surface area contributed by atoms with Crippen LogP contribution in [-0.4, -0.2) is 35.1 Å². The first-order valence-corrected chi connectivity index (χ1v) is 17.2. The standard InChI is InChI=1S/C39H32N4O4S2/c1-25(36(44)43-39-42-35(24-48-39)29-16-9-18-31(21-29)47-2)49-32-19-10-17-30(23-32)40-38(46)34(41-37(45)27-12-4-3-5-13-27)22-28-15-8-14-26-11-6-7-20-33(26)28/h3-25H,1-2H3,(H,40,46)(H,41,45)(H,42,43,44)/b34-22+. The second-order valence-electron chi connectivity index (χ2n) is 10.9. The van der Waals surface area contributed by atoms with Crippen LogP contribution >= 0.6 is 23.1 Å². The van der Waals surface area contributed by atoms with Gasteiger partial charge in [-0.15, -0.1) is 23.1 Å². The Labute approximate surface area is 292 Å². The zero-order valence-electron chi connectivity index (χ0n) is 26.7. The van der Waals surface area contributed by atoms with Gasteiger partial charge >= 0.3 is 0 Å². The Kier molecular flexibility index (Phi) is 10.5. The van der Waals surface area contributed by atoms with E-state index in [4.69, 9.17) is 4.74 Å². The number of carbonyl (C=O) groups excluding carboxylic acids is 3. The fraction of sp³-hybridized carbons (Fsp3) is 0.0769. The van der Waals surface area contributed by atoms with E-state index in [-0.39, 0.29) is 11.6 Å². The monoisotopic (exact) mass is 684 g/mol. The number of benzene rings is 5. The van der Waals surface area contributed by atoms with Gasteiger partial charge in [0.25, 0.3) is 11.8 Å². The summed E-state index contributed by atoms with van der Waals surface area (Å²) in [5, 5.41) is 12.5. The molecule has 10 heteroatoms. The lowest BCUT2D eigenvalue weighted by Crippen LogP contribution is -2.30. The molecule has 0 radical (unpaired) electrons. The highest BCUT2D eigenvalue weighted by Crippen LogP contribution is 2.30. The minimum absolute atomic E-state index is 0.0905. The quantitative estimate of drug-likeness (QED) is 0.0933. The largest absolute Gasteiger partial charge is 0.497 e. The molecule has 1 unspecified atom stereocenters. The van der Waals surface area contributed by atoms with Crippen molar-refractivity contribution in [1.29, 1.82) is 0 Å². The predicted molar refractivity (Wildman–Crippen MR) is 199 cm³/mol. The molecule has 3 amide bonds. The van der Waals surface area contributed by atoms with E-state index >= 15 is 0 Å². The van der Waals surface area contributed by atoms with Gasteiger partial charge in [-0.3, -0.25) is 14.4 Å². The summed E-state index contributed by atoms with van der Waals surface area (Å²) in [5.41, 5.74) is 3.47. The van der Waals surface area contributed by atoms with E-state index in [1.54, 1.807) is 55.7 Å². The molecule has 0 fully saturated rings. The average Bonchev–Trinajstić information content (AvgIpc) is 3.60. The minimum Gasteiger partial charge on any atom is -0.497 e. The summed E-state index contributed by atoms with van der Waals surface area (Å²) in [6.07, 6.45) is 1.68. The number of carbonyl (C=O) groups is 3. The number of thiazole rings is 1. The molecule has 0 aliphatic heterocycles. The Morgan fingerprint density at radius 2 is 1.59 bits per heavy atom. The van der Waals surface area contributed by atoms with Gasteiger partial charge in [-0.2, -0.15) is 0 Å². The molecule has 0 aliphatic rings. The summed E-state index contributed by atoms with van der Waals surface area (Å²) in [5.74, 6) is -0.355. The van der Waals surface area contributed by atoms with E-state index in [1.165, 1.54) is 23.1 Å². The van der Waals surface area contributed by atoms with Gasteiger partial charge in [0.2, 0.25) is 5.91 Å². The molecule has 6 rings (SSSR count). The Bertz CT molecular complexity index is 2160. The number of fused-ring (bicyclic) bond motifs is 1. The summed E-state index contributed by atoms with van der Waals surface area (Å²) in [7, 11) is 1.61. The van der Waals surface area contributed by atoms with E-state index < -0.39 is 17.1 Å². The number of anilines is 2. The predicted octanol–water partition coefficient (Wildman–Crippen LogP) is 8.50.